The Morgan fingerprint density at radius 3 is 2.80 bits per heavy atom. The van der Waals surface area contributed by atoms with E-state index in [1.54, 1.807) is 30.3 Å². The number of aliphatic imine (C=N–C) groups is 1. The summed E-state index contributed by atoms with van der Waals surface area (Å²) >= 11 is 3.35. The maximum absolute atomic E-state index is 12.8. The topological polar surface area (TPSA) is 94.6 Å². The van der Waals surface area contributed by atoms with E-state index in [2.05, 4.69) is 31.2 Å². The van der Waals surface area contributed by atoms with Gasteiger partial charge in [-0.3, -0.25) is 9.59 Å². The number of rotatable bonds is 2. The average molecular weight is 398 g/mol. The summed E-state index contributed by atoms with van der Waals surface area (Å²) in [4.78, 5) is 31.3. The van der Waals surface area contributed by atoms with Gasteiger partial charge in [-0.2, -0.15) is 0 Å². The number of halogens is 1. The summed E-state index contributed by atoms with van der Waals surface area (Å²) in [6, 6.07) is 10.4. The molecule has 0 fully saturated rings. The molecule has 0 saturated heterocycles. The third kappa shape index (κ3) is 2.53. The van der Waals surface area contributed by atoms with Crippen LogP contribution in [0.5, 0.6) is 5.88 Å². The van der Waals surface area contributed by atoms with Crippen LogP contribution in [0.25, 0.3) is 10.9 Å². The van der Waals surface area contributed by atoms with Crippen molar-refractivity contribution in [3.8, 4) is 5.88 Å². The minimum atomic E-state index is -0.252. The second-order valence-corrected chi connectivity index (χ2v) is 6.66. The van der Waals surface area contributed by atoms with Crippen LogP contribution < -0.4 is 5.32 Å². The number of nitrogens with zero attached hydrogens (tertiary/aromatic N) is 1. The van der Waals surface area contributed by atoms with Crippen LogP contribution >= 0.6 is 15.9 Å². The molecule has 124 valence electrons. The molecule has 0 unspecified atom stereocenters. The van der Waals surface area contributed by atoms with Crippen molar-refractivity contribution in [2.45, 2.75) is 6.92 Å². The number of amides is 1. The number of anilines is 1. The Morgan fingerprint density at radius 2 is 2.04 bits per heavy atom. The van der Waals surface area contributed by atoms with E-state index in [1.165, 1.54) is 6.92 Å². The number of fused-ring (bicyclic) bond motifs is 2. The number of H-pyrrole nitrogens is 1. The number of hydrogen-bond donors (Lipinski definition) is 3. The lowest BCUT2D eigenvalue weighted by Crippen LogP contribution is -2.11. The Labute approximate surface area is 150 Å². The molecule has 0 saturated carbocycles. The summed E-state index contributed by atoms with van der Waals surface area (Å²) in [5, 5.41) is 13.6. The van der Waals surface area contributed by atoms with E-state index in [-0.39, 0.29) is 23.3 Å². The van der Waals surface area contributed by atoms with Crippen LogP contribution in [0, 0.1) is 0 Å². The molecule has 2 heterocycles. The highest BCUT2D eigenvalue weighted by Gasteiger charge is 2.30. The molecule has 0 spiro atoms. The lowest BCUT2D eigenvalue weighted by Gasteiger charge is -2.03. The van der Waals surface area contributed by atoms with Crippen LogP contribution in [-0.2, 0) is 4.79 Å². The second-order valence-electron chi connectivity index (χ2n) is 5.74. The normalized spacial score (nSPS) is 13.0. The van der Waals surface area contributed by atoms with Crippen molar-refractivity contribution >= 4 is 55.6 Å². The molecule has 0 radical (unpaired) electrons. The molecule has 25 heavy (non-hydrogen) atoms. The molecule has 3 aromatic rings. The number of carbonyl (C=O) groups is 2. The average Bonchev–Trinajstić information content (AvgIpc) is 3.03. The predicted molar refractivity (Wildman–Crippen MR) is 98.9 cm³/mol. The first kappa shape index (κ1) is 15.6. The van der Waals surface area contributed by atoms with Crippen molar-refractivity contribution in [2.24, 2.45) is 4.99 Å². The Balaban J connectivity index is 1.88. The highest BCUT2D eigenvalue weighted by atomic mass is 79.9. The molecule has 0 bridgehead atoms. The molecule has 1 aliphatic rings. The van der Waals surface area contributed by atoms with E-state index in [0.717, 1.165) is 4.47 Å². The van der Waals surface area contributed by atoms with E-state index in [4.69, 9.17) is 0 Å². The van der Waals surface area contributed by atoms with E-state index in [1.807, 2.05) is 6.07 Å². The van der Waals surface area contributed by atoms with Gasteiger partial charge in [-0.1, -0.05) is 15.9 Å². The van der Waals surface area contributed by atoms with Gasteiger partial charge in [0.25, 0.3) is 0 Å². The summed E-state index contributed by atoms with van der Waals surface area (Å²) in [6.45, 7) is 1.42. The smallest absolute Gasteiger partial charge is 0.221 e. The number of ketones is 1. The number of hydrogen-bond acceptors (Lipinski definition) is 4. The number of benzene rings is 2. The van der Waals surface area contributed by atoms with Crippen molar-refractivity contribution in [3.05, 3.63) is 52.0 Å². The summed E-state index contributed by atoms with van der Waals surface area (Å²) in [6.07, 6.45) is 0. The molecule has 2 aromatic carbocycles. The van der Waals surface area contributed by atoms with Crippen molar-refractivity contribution in [3.63, 3.8) is 0 Å². The Bertz CT molecular complexity index is 1100. The van der Waals surface area contributed by atoms with E-state index in [9.17, 15) is 14.7 Å². The zero-order chi connectivity index (χ0) is 17.7. The van der Waals surface area contributed by atoms with Gasteiger partial charge in [0.2, 0.25) is 11.7 Å². The minimum absolute atomic E-state index is 0.131. The monoisotopic (exact) mass is 397 g/mol. The standard InChI is InChI=1S/C18H12BrN3O3/c1-8(23)20-10-3-5-13-11(7-10)15(18(25)22-13)16-17(24)12-6-9(19)2-4-14(12)21-16/h2-7,22,25H,1H3,(H,20,23). The fraction of sp³-hybridized carbons (Fsp3) is 0.0556. The quantitative estimate of drug-likeness (QED) is 0.611. The highest BCUT2D eigenvalue weighted by Crippen LogP contribution is 2.37. The summed E-state index contributed by atoms with van der Waals surface area (Å²) < 4.78 is 0.784. The van der Waals surface area contributed by atoms with E-state index >= 15 is 0 Å². The molecule has 1 aliphatic heterocycles. The molecule has 7 heteroatoms. The third-order valence-corrected chi connectivity index (χ3v) is 4.48. The molecule has 1 amide bonds. The number of aromatic hydroxyl groups is 1. The van der Waals surface area contributed by atoms with E-state index < -0.39 is 0 Å². The first-order valence-electron chi connectivity index (χ1n) is 7.49. The van der Waals surface area contributed by atoms with Crippen LogP contribution in [-0.4, -0.2) is 27.5 Å². The molecule has 0 atom stereocenters. The van der Waals surface area contributed by atoms with Gasteiger partial charge in [0, 0.05) is 28.0 Å². The zero-order valence-corrected chi connectivity index (χ0v) is 14.6. The Kier molecular flexibility index (Phi) is 3.47. The Hall–Kier alpha value is -2.93. The third-order valence-electron chi connectivity index (χ3n) is 3.99. The van der Waals surface area contributed by atoms with Gasteiger partial charge in [0.15, 0.2) is 5.88 Å². The summed E-state index contributed by atoms with van der Waals surface area (Å²) in [5.74, 6) is -0.585. The first-order valence-corrected chi connectivity index (χ1v) is 8.29. The molecule has 4 rings (SSSR count). The molecule has 3 N–H and O–H groups in total. The largest absolute Gasteiger partial charge is 0.494 e. The molecule has 1 aromatic heterocycles. The van der Waals surface area contributed by atoms with Gasteiger partial charge < -0.3 is 15.4 Å². The van der Waals surface area contributed by atoms with Gasteiger partial charge in [-0.05, 0) is 36.4 Å². The van der Waals surface area contributed by atoms with Crippen molar-refractivity contribution < 1.29 is 14.7 Å². The minimum Gasteiger partial charge on any atom is -0.494 e. The number of Topliss-reactive ketones (excluding diaryl/α,β-unsaturated/α-hetero) is 1. The number of nitrogens with one attached hydrogen (secondary N) is 2. The predicted octanol–water partition coefficient (Wildman–Crippen LogP) is 3.91. The van der Waals surface area contributed by atoms with Gasteiger partial charge in [-0.25, -0.2) is 4.99 Å². The Morgan fingerprint density at radius 1 is 1.24 bits per heavy atom. The fourth-order valence-corrected chi connectivity index (χ4v) is 3.32. The molecule has 0 aliphatic carbocycles. The fourth-order valence-electron chi connectivity index (χ4n) is 2.95. The van der Waals surface area contributed by atoms with Crippen LogP contribution in [0.4, 0.5) is 11.4 Å². The van der Waals surface area contributed by atoms with Crippen molar-refractivity contribution in [1.82, 2.24) is 4.98 Å². The lowest BCUT2D eigenvalue weighted by atomic mass is 10.0. The SMILES string of the molecule is CC(=O)Nc1ccc2[nH]c(O)c(C3=Nc4ccc(Br)cc4C3=O)c2c1. The lowest BCUT2D eigenvalue weighted by molar-refractivity contribution is -0.114. The summed E-state index contributed by atoms with van der Waals surface area (Å²) in [7, 11) is 0. The van der Waals surface area contributed by atoms with Crippen LogP contribution in [0.1, 0.15) is 22.8 Å². The van der Waals surface area contributed by atoms with Gasteiger partial charge >= 0.3 is 0 Å². The van der Waals surface area contributed by atoms with Crippen LogP contribution in [0.2, 0.25) is 0 Å². The zero-order valence-electron chi connectivity index (χ0n) is 13.1. The first-order chi connectivity index (χ1) is 11.9. The van der Waals surface area contributed by atoms with Gasteiger partial charge in [-0.15, -0.1) is 0 Å². The molecular weight excluding hydrogens is 386 g/mol. The molecular formula is C18H12BrN3O3. The number of carbonyl (C=O) groups excluding carboxylic acids is 2. The highest BCUT2D eigenvalue weighted by molar-refractivity contribution is 9.10. The molecule has 6 nitrogen and oxygen atoms in total. The van der Waals surface area contributed by atoms with Crippen molar-refractivity contribution in [2.75, 3.05) is 5.32 Å². The van der Waals surface area contributed by atoms with Gasteiger partial charge in [0.05, 0.1) is 16.8 Å². The van der Waals surface area contributed by atoms with Crippen LogP contribution in [0.15, 0.2) is 45.9 Å². The summed E-state index contributed by atoms with van der Waals surface area (Å²) in [5.41, 5.74) is 2.78. The van der Waals surface area contributed by atoms with Gasteiger partial charge in [0.1, 0.15) is 5.71 Å². The van der Waals surface area contributed by atoms with E-state index in [0.29, 0.717) is 33.4 Å². The number of aromatic amines is 1. The number of aromatic nitrogens is 1. The second kappa shape index (κ2) is 5.56. The van der Waals surface area contributed by atoms with Crippen LogP contribution in [0.3, 0.4) is 0 Å². The maximum Gasteiger partial charge on any atom is 0.221 e. The van der Waals surface area contributed by atoms with Crippen molar-refractivity contribution in [1.29, 1.82) is 0 Å². The maximum atomic E-state index is 12.8.